The van der Waals surface area contributed by atoms with Crippen LogP contribution in [0.2, 0.25) is 10.2 Å². The van der Waals surface area contributed by atoms with Crippen LogP contribution in [0.1, 0.15) is 21.7 Å². The van der Waals surface area contributed by atoms with Crippen LogP contribution in [-0.2, 0) is 0 Å². The molecule has 0 atom stereocenters. The van der Waals surface area contributed by atoms with E-state index in [1.165, 1.54) is 6.20 Å². The van der Waals surface area contributed by atoms with Crippen LogP contribution in [0.5, 0.6) is 0 Å². The molecule has 7 heteroatoms. The highest BCUT2D eigenvalue weighted by Gasteiger charge is 2.13. The van der Waals surface area contributed by atoms with Crippen molar-refractivity contribution >= 4 is 35.1 Å². The van der Waals surface area contributed by atoms with Crippen molar-refractivity contribution in [3.63, 3.8) is 0 Å². The summed E-state index contributed by atoms with van der Waals surface area (Å²) < 4.78 is 0. The molecule has 0 fully saturated rings. The van der Waals surface area contributed by atoms with Gasteiger partial charge in [0.1, 0.15) is 5.15 Å². The van der Waals surface area contributed by atoms with Gasteiger partial charge in [0.15, 0.2) is 0 Å². The molecule has 98 valence electrons. The molecule has 5 nitrogen and oxygen atoms in total. The smallest absolute Gasteiger partial charge is 0.261 e. The molecular weight excluding hydrogens is 287 g/mol. The van der Waals surface area contributed by atoms with Gasteiger partial charge in [0.2, 0.25) is 5.95 Å². The van der Waals surface area contributed by atoms with Crippen LogP contribution in [0, 0.1) is 13.8 Å². The highest BCUT2D eigenvalue weighted by molar-refractivity contribution is 6.34. The van der Waals surface area contributed by atoms with Gasteiger partial charge in [-0.05, 0) is 26.0 Å². The van der Waals surface area contributed by atoms with Gasteiger partial charge >= 0.3 is 0 Å². The topological polar surface area (TPSA) is 67.8 Å². The number of carbonyl (C=O) groups is 1. The first kappa shape index (κ1) is 13.7. The number of aromatic nitrogens is 3. The molecule has 1 N–H and O–H groups in total. The van der Waals surface area contributed by atoms with Crippen LogP contribution in [0.4, 0.5) is 5.95 Å². The minimum Gasteiger partial charge on any atom is -0.290 e. The molecule has 0 aliphatic rings. The van der Waals surface area contributed by atoms with Crippen molar-refractivity contribution < 1.29 is 4.79 Å². The first-order valence-corrected chi connectivity index (χ1v) is 6.16. The normalized spacial score (nSPS) is 10.3. The fourth-order valence-corrected chi connectivity index (χ4v) is 1.98. The van der Waals surface area contributed by atoms with Crippen LogP contribution >= 0.6 is 23.2 Å². The summed E-state index contributed by atoms with van der Waals surface area (Å²) in [6.07, 6.45) is 1.41. The molecule has 2 heterocycles. The van der Waals surface area contributed by atoms with Crippen molar-refractivity contribution in [1.29, 1.82) is 0 Å². The summed E-state index contributed by atoms with van der Waals surface area (Å²) in [5.74, 6) is -0.300. The van der Waals surface area contributed by atoms with Crippen molar-refractivity contribution in [2.24, 2.45) is 0 Å². The van der Waals surface area contributed by atoms with Crippen LogP contribution in [0.25, 0.3) is 0 Å². The van der Waals surface area contributed by atoms with Gasteiger partial charge in [-0.3, -0.25) is 15.1 Å². The second-order valence-electron chi connectivity index (χ2n) is 3.92. The summed E-state index contributed by atoms with van der Waals surface area (Å²) in [5.41, 5.74) is 1.65. The minimum atomic E-state index is -0.431. The Morgan fingerprint density at radius 2 is 1.89 bits per heavy atom. The third-order valence-corrected chi connectivity index (χ3v) is 2.79. The van der Waals surface area contributed by atoms with Gasteiger partial charge in [-0.25, -0.2) is 9.97 Å². The van der Waals surface area contributed by atoms with Crippen molar-refractivity contribution in [3.8, 4) is 0 Å². The van der Waals surface area contributed by atoms with Crippen molar-refractivity contribution in [3.05, 3.63) is 45.5 Å². The maximum Gasteiger partial charge on any atom is 0.261 e. The van der Waals surface area contributed by atoms with Gasteiger partial charge in [0.25, 0.3) is 5.91 Å². The van der Waals surface area contributed by atoms with E-state index in [0.29, 0.717) is 10.7 Å². The SMILES string of the molecule is Cc1cc(Cl)c(C(=O)Nc2nc(C)cc(Cl)n2)cn1. The summed E-state index contributed by atoms with van der Waals surface area (Å²) in [4.78, 5) is 24.0. The Bertz CT molecular complexity index is 625. The first-order chi connectivity index (χ1) is 8.95. The van der Waals surface area contributed by atoms with E-state index in [2.05, 4.69) is 20.3 Å². The van der Waals surface area contributed by atoms with Gasteiger partial charge in [0, 0.05) is 17.6 Å². The van der Waals surface area contributed by atoms with Crippen molar-refractivity contribution in [1.82, 2.24) is 15.0 Å². The summed E-state index contributed by atoms with van der Waals surface area (Å²) in [5, 5.41) is 3.11. The Labute approximate surface area is 120 Å². The monoisotopic (exact) mass is 296 g/mol. The molecule has 1 amide bonds. The second kappa shape index (κ2) is 5.50. The number of nitrogens with one attached hydrogen (secondary N) is 1. The standard InChI is InChI=1S/C12H10Cl2N4O/c1-6-3-9(13)8(5-15-6)11(19)18-12-16-7(2)4-10(14)17-12/h3-5H,1-2H3,(H,16,17,18,19). The number of hydrogen-bond acceptors (Lipinski definition) is 4. The highest BCUT2D eigenvalue weighted by Crippen LogP contribution is 2.17. The fourth-order valence-electron chi connectivity index (χ4n) is 1.45. The summed E-state index contributed by atoms with van der Waals surface area (Å²) in [6.45, 7) is 3.54. The Morgan fingerprint density at radius 3 is 2.53 bits per heavy atom. The zero-order valence-corrected chi connectivity index (χ0v) is 11.7. The van der Waals surface area contributed by atoms with Crippen LogP contribution in [0.15, 0.2) is 18.3 Å². The quantitative estimate of drug-likeness (QED) is 0.865. The average molecular weight is 297 g/mol. The Morgan fingerprint density at radius 1 is 1.16 bits per heavy atom. The third kappa shape index (κ3) is 3.39. The van der Waals surface area contributed by atoms with Crippen molar-refractivity contribution in [2.45, 2.75) is 13.8 Å². The molecule has 0 bridgehead atoms. The molecule has 0 aromatic carbocycles. The van der Waals surface area contributed by atoms with E-state index < -0.39 is 5.91 Å². The molecule has 0 unspecified atom stereocenters. The average Bonchev–Trinajstić information content (AvgIpc) is 2.26. The number of carbonyl (C=O) groups excluding carboxylic acids is 1. The Balaban J connectivity index is 2.25. The lowest BCUT2D eigenvalue weighted by molar-refractivity contribution is 0.102. The molecule has 19 heavy (non-hydrogen) atoms. The number of rotatable bonds is 2. The maximum absolute atomic E-state index is 12.0. The number of hydrogen-bond donors (Lipinski definition) is 1. The number of anilines is 1. The minimum absolute atomic E-state index is 0.131. The van der Waals surface area contributed by atoms with Gasteiger partial charge in [-0.2, -0.15) is 0 Å². The Kier molecular flexibility index (Phi) is 3.97. The lowest BCUT2D eigenvalue weighted by Crippen LogP contribution is -2.15. The van der Waals surface area contributed by atoms with E-state index in [1.807, 2.05) is 0 Å². The molecule has 2 aromatic heterocycles. The molecule has 0 saturated heterocycles. The number of amides is 1. The van der Waals surface area contributed by atoms with E-state index in [9.17, 15) is 4.79 Å². The number of halogens is 2. The molecular formula is C12H10Cl2N4O. The molecule has 2 aromatic rings. The van der Waals surface area contributed by atoms with Gasteiger partial charge in [-0.15, -0.1) is 0 Å². The predicted octanol–water partition coefficient (Wildman–Crippen LogP) is 3.05. The molecule has 0 radical (unpaired) electrons. The van der Waals surface area contributed by atoms with Gasteiger partial charge in [-0.1, -0.05) is 23.2 Å². The molecule has 0 aliphatic heterocycles. The predicted molar refractivity (Wildman–Crippen MR) is 73.7 cm³/mol. The lowest BCUT2D eigenvalue weighted by atomic mass is 10.2. The number of nitrogens with zero attached hydrogens (tertiary/aromatic N) is 3. The zero-order chi connectivity index (χ0) is 14.0. The van der Waals surface area contributed by atoms with E-state index in [1.54, 1.807) is 26.0 Å². The zero-order valence-electron chi connectivity index (χ0n) is 10.2. The molecule has 0 aliphatic carbocycles. The Hall–Kier alpha value is -1.72. The number of pyridine rings is 1. The van der Waals surface area contributed by atoms with Gasteiger partial charge in [0.05, 0.1) is 10.6 Å². The third-order valence-electron chi connectivity index (χ3n) is 2.28. The van der Waals surface area contributed by atoms with E-state index in [-0.39, 0.29) is 16.7 Å². The van der Waals surface area contributed by atoms with Crippen LogP contribution in [-0.4, -0.2) is 20.9 Å². The summed E-state index contributed by atoms with van der Waals surface area (Å²) in [7, 11) is 0. The summed E-state index contributed by atoms with van der Waals surface area (Å²) in [6, 6.07) is 3.21. The van der Waals surface area contributed by atoms with E-state index >= 15 is 0 Å². The number of aryl methyl sites for hydroxylation is 2. The molecule has 0 spiro atoms. The summed E-state index contributed by atoms with van der Waals surface area (Å²) >= 11 is 11.8. The van der Waals surface area contributed by atoms with Crippen LogP contribution in [0.3, 0.4) is 0 Å². The highest BCUT2D eigenvalue weighted by atomic mass is 35.5. The van der Waals surface area contributed by atoms with Crippen LogP contribution < -0.4 is 5.32 Å². The fraction of sp³-hybridized carbons (Fsp3) is 0.167. The van der Waals surface area contributed by atoms with E-state index in [4.69, 9.17) is 23.2 Å². The van der Waals surface area contributed by atoms with Crippen molar-refractivity contribution in [2.75, 3.05) is 5.32 Å². The molecule has 0 saturated carbocycles. The molecule has 2 rings (SSSR count). The second-order valence-corrected chi connectivity index (χ2v) is 4.71. The largest absolute Gasteiger partial charge is 0.290 e. The maximum atomic E-state index is 12.0. The lowest BCUT2D eigenvalue weighted by Gasteiger charge is -2.06. The van der Waals surface area contributed by atoms with Gasteiger partial charge < -0.3 is 0 Å². The van der Waals surface area contributed by atoms with E-state index in [0.717, 1.165) is 5.69 Å². The first-order valence-electron chi connectivity index (χ1n) is 5.40.